The van der Waals surface area contributed by atoms with E-state index in [0.29, 0.717) is 36.0 Å². The molecule has 0 radical (unpaired) electrons. The molecular formula is C27H29F2IN3OTl. The number of anilines is 1. The van der Waals surface area contributed by atoms with E-state index in [1.165, 1.54) is 14.8 Å². The second kappa shape index (κ2) is 9.95. The maximum absolute atomic E-state index is 13.9. The predicted octanol–water partition coefficient (Wildman–Crippen LogP) is 5.61. The van der Waals surface area contributed by atoms with Crippen molar-refractivity contribution >= 4 is 63.9 Å². The fourth-order valence-corrected chi connectivity index (χ4v) is 15.2. The van der Waals surface area contributed by atoms with Gasteiger partial charge in [0.25, 0.3) is 0 Å². The first kappa shape index (κ1) is 26.3. The van der Waals surface area contributed by atoms with Crippen molar-refractivity contribution in [2.24, 2.45) is 0 Å². The molecule has 2 unspecified atom stereocenters. The summed E-state index contributed by atoms with van der Waals surface area (Å²) in [5.41, 5.74) is 2.69. The quantitative estimate of drug-likeness (QED) is 0.112. The Morgan fingerprint density at radius 1 is 1.26 bits per heavy atom. The van der Waals surface area contributed by atoms with Crippen molar-refractivity contribution in [3.8, 4) is 0 Å². The van der Waals surface area contributed by atoms with E-state index >= 15 is 0 Å². The zero-order valence-corrected chi connectivity index (χ0v) is 27.0. The molecule has 3 aromatic rings. The molecule has 8 heteroatoms. The molecule has 182 valence electrons. The number of pyridine rings is 1. The van der Waals surface area contributed by atoms with E-state index in [2.05, 4.69) is 49.8 Å². The predicted molar refractivity (Wildman–Crippen MR) is 149 cm³/mol. The molecule has 35 heavy (non-hydrogen) atoms. The Bertz CT molecular complexity index is 1360. The fourth-order valence-electron chi connectivity index (χ4n) is 4.09. The van der Waals surface area contributed by atoms with Crippen molar-refractivity contribution in [3.63, 3.8) is 0 Å². The molecule has 4 rings (SSSR count). The minimum atomic E-state index is -3.50. The van der Waals surface area contributed by atoms with Crippen LogP contribution >= 0.6 is 18.4 Å². The first-order chi connectivity index (χ1) is 16.4. The van der Waals surface area contributed by atoms with E-state index in [4.69, 9.17) is 0 Å². The molecule has 1 N–H and O–H groups in total. The first-order valence-electron chi connectivity index (χ1n) is 11.3. The number of rotatable bonds is 7. The van der Waals surface area contributed by atoms with Crippen LogP contribution in [0, 0.1) is 3.57 Å². The van der Waals surface area contributed by atoms with E-state index in [-0.39, 0.29) is 15.0 Å². The third-order valence-corrected chi connectivity index (χ3v) is 15.0. The number of alkyl halides is 4. The maximum atomic E-state index is 13.9. The molecule has 1 saturated heterocycles. The van der Waals surface area contributed by atoms with Crippen LogP contribution < -0.4 is 13.3 Å². The molecule has 0 saturated carbocycles. The number of allylic oxidation sites excluding steroid dienone is 2. The summed E-state index contributed by atoms with van der Waals surface area (Å²) in [7, 11) is 1.81. The second-order valence-electron chi connectivity index (χ2n) is 9.73. The van der Waals surface area contributed by atoms with Crippen LogP contribution in [0.15, 0.2) is 78.8 Å². The molecule has 4 nitrogen and oxygen atoms in total. The number of fused-ring (bicyclic) bond motifs is 1. The van der Waals surface area contributed by atoms with Crippen LogP contribution in [0.4, 0.5) is 14.5 Å². The average Bonchev–Trinajstić information content (AvgIpc) is 3.47. The molecular weight excluding hydrogens is 752 g/mol. The third kappa shape index (κ3) is 5.50. The molecule has 2 heterocycles. The van der Waals surface area contributed by atoms with E-state index in [1.807, 2.05) is 48.3 Å². The van der Waals surface area contributed by atoms with Crippen LogP contribution in [0.3, 0.4) is 0 Å². The van der Waals surface area contributed by atoms with Crippen molar-refractivity contribution < 1.29 is 11.8 Å². The van der Waals surface area contributed by atoms with E-state index in [9.17, 15) is 11.8 Å². The Hall–Kier alpha value is -1.76. The Labute approximate surface area is 225 Å². The summed E-state index contributed by atoms with van der Waals surface area (Å²) in [6, 6.07) is 15.8. The van der Waals surface area contributed by atoms with Crippen LogP contribution in [0.1, 0.15) is 26.3 Å². The number of hydrogen-bond acceptors (Lipinski definition) is 4. The van der Waals surface area contributed by atoms with Gasteiger partial charge in [-0.15, -0.1) is 0 Å². The summed E-state index contributed by atoms with van der Waals surface area (Å²) in [5, 5.41) is 4.25. The normalized spacial score (nSPS) is 22.0. The van der Waals surface area contributed by atoms with Gasteiger partial charge in [0.05, 0.1) is 0 Å². The van der Waals surface area contributed by atoms with Gasteiger partial charge < -0.3 is 0 Å². The number of aromatic nitrogens is 1. The average molecular weight is 781 g/mol. The molecule has 0 amide bonds. The van der Waals surface area contributed by atoms with Gasteiger partial charge in [-0.05, 0) is 0 Å². The zero-order chi connectivity index (χ0) is 25.5. The molecule has 2 aromatic carbocycles. The summed E-state index contributed by atoms with van der Waals surface area (Å²) >= 11 is -2.86. The Morgan fingerprint density at radius 2 is 2.00 bits per heavy atom. The van der Waals surface area contributed by atoms with Crippen molar-refractivity contribution in [1.29, 1.82) is 0 Å². The Balaban J connectivity index is 1.65. The third-order valence-electron chi connectivity index (χ3n) is 6.13. The van der Waals surface area contributed by atoms with Gasteiger partial charge in [-0.2, -0.15) is 0 Å². The molecule has 0 aliphatic carbocycles. The number of benzene rings is 2. The number of nitrogens with zero attached hydrogens (tertiary/aromatic N) is 2. The van der Waals surface area contributed by atoms with Crippen molar-refractivity contribution in [3.05, 3.63) is 87.9 Å². The van der Waals surface area contributed by atoms with E-state index in [0.717, 1.165) is 20.2 Å². The topological polar surface area (TPSA) is 45.2 Å². The standard InChI is InChI=1S/C27H29F2IN3O.Tl/c1-18(26(28)29)16-25(33(5)23-10-6-9-22-21(23)8-7-15-31-22)32-24-17-30(24,34)20-13-11-19(12-14-20)27(2,3)4;/h6-11,13-16,24,26,32H,1,17H2,2-5H3;/b25-16-;. The van der Waals surface area contributed by atoms with Gasteiger partial charge >= 0.3 is 227 Å². The molecule has 0 bridgehead atoms. The summed E-state index contributed by atoms with van der Waals surface area (Å²) in [4.78, 5) is 6.22. The van der Waals surface area contributed by atoms with Gasteiger partial charge in [-0.1, -0.05) is 0 Å². The zero-order valence-electron chi connectivity index (χ0n) is 20.4. The minimum absolute atomic E-state index is 0.0492. The van der Waals surface area contributed by atoms with Crippen LogP contribution in [-0.2, 0) is 8.48 Å². The van der Waals surface area contributed by atoms with Gasteiger partial charge in [-0.25, -0.2) is 0 Å². The molecule has 1 aliphatic heterocycles. The second-order valence-corrected chi connectivity index (χ2v) is 19.6. The molecule has 1 aliphatic rings. The summed E-state index contributed by atoms with van der Waals surface area (Å²) in [6.07, 6.45) is 0.409. The summed E-state index contributed by atoms with van der Waals surface area (Å²) in [5.74, 6) is 0.456. The fraction of sp³-hybridized carbons (Fsp3) is 0.296. The van der Waals surface area contributed by atoms with Crippen molar-refractivity contribution in [2.45, 2.75) is 36.7 Å². The van der Waals surface area contributed by atoms with Crippen molar-refractivity contribution in [2.75, 3.05) is 16.4 Å². The van der Waals surface area contributed by atoms with Crippen LogP contribution in [0.2, 0.25) is 0 Å². The molecule has 1 fully saturated rings. The van der Waals surface area contributed by atoms with Gasteiger partial charge in [0.2, 0.25) is 0 Å². The van der Waals surface area contributed by atoms with Gasteiger partial charge in [0.1, 0.15) is 0 Å². The molecule has 0 spiro atoms. The van der Waals surface area contributed by atoms with Gasteiger partial charge in [-0.3, -0.25) is 0 Å². The number of halogens is 3. The summed E-state index contributed by atoms with van der Waals surface area (Å²) < 4.78 is 43.3. The van der Waals surface area contributed by atoms with Crippen LogP contribution in [0.5, 0.6) is 0 Å². The van der Waals surface area contributed by atoms with Crippen LogP contribution in [0.25, 0.3) is 10.9 Å². The van der Waals surface area contributed by atoms with Gasteiger partial charge in [0.15, 0.2) is 0 Å². The Morgan fingerprint density at radius 3 is 2.66 bits per heavy atom. The number of hydrogen-bond donors (Lipinski definition) is 1. The first-order valence-corrected chi connectivity index (χ1v) is 18.3. The van der Waals surface area contributed by atoms with Crippen molar-refractivity contribution in [1.82, 2.24) is 10.3 Å². The molecule has 1 aromatic heterocycles. The van der Waals surface area contributed by atoms with Crippen LogP contribution in [-0.4, -0.2) is 52.7 Å². The van der Waals surface area contributed by atoms with Gasteiger partial charge in [0, 0.05) is 0 Å². The SMILES string of the molecule is C=C(/C=C(/NC1CI1(=O)c1ccc(C(C)(C)C)[c]([Tl])c1)N(C)c1cccc2ncccc12)C(F)F. The Kier molecular flexibility index (Phi) is 7.48. The van der Waals surface area contributed by atoms with E-state index < -0.39 is 24.8 Å². The van der Waals surface area contributed by atoms with E-state index in [1.54, 1.807) is 6.20 Å². The monoisotopic (exact) mass is 781 g/mol. The summed E-state index contributed by atoms with van der Waals surface area (Å²) in [6.45, 7) is 10.1. The molecule has 2 atom stereocenters. The number of nitrogens with one attached hydrogen (secondary N) is 1.